The molecule has 3 heterocycles. The van der Waals surface area contributed by atoms with E-state index in [1.807, 2.05) is 20.8 Å². The maximum atomic E-state index is 12.7. The summed E-state index contributed by atoms with van der Waals surface area (Å²) in [7, 11) is -14.0. The number of aromatic nitrogens is 2. The molecule has 8 N–H and O–H groups in total. The minimum Gasteiger partial charge on any atom is -0.756 e. The van der Waals surface area contributed by atoms with E-state index in [1.165, 1.54) is 16.9 Å². The fourth-order valence-corrected chi connectivity index (χ4v) is 8.76. The van der Waals surface area contributed by atoms with Gasteiger partial charge in [0.05, 0.1) is 35.7 Å². The molecule has 0 spiro atoms. The van der Waals surface area contributed by atoms with E-state index >= 15 is 0 Å². The lowest BCUT2D eigenvalue weighted by molar-refractivity contribution is -0.212. The van der Waals surface area contributed by atoms with Crippen molar-refractivity contribution in [2.24, 2.45) is 5.73 Å². The molecule has 6 atom stereocenters. The third-order valence-corrected chi connectivity index (χ3v) is 11.9. The molecule has 2 aromatic rings. The number of phosphoric acid groups is 3. The molecule has 0 bridgehead atoms. The van der Waals surface area contributed by atoms with Gasteiger partial charge in [-0.2, -0.15) is 4.31 Å². The van der Waals surface area contributed by atoms with E-state index in [4.69, 9.17) is 30.4 Å². The number of nitrogens with one attached hydrogen (secondary N) is 1. The highest BCUT2D eigenvalue weighted by Crippen LogP contribution is 2.65. The van der Waals surface area contributed by atoms with Crippen LogP contribution in [0, 0.1) is 11.8 Å². The van der Waals surface area contributed by atoms with Gasteiger partial charge in [0.15, 0.2) is 0 Å². The maximum Gasteiger partial charge on any atom is 0.487 e. The summed E-state index contributed by atoms with van der Waals surface area (Å²) in [5.74, 6) is 5.77. The van der Waals surface area contributed by atoms with Crippen molar-refractivity contribution in [1.82, 2.24) is 9.55 Å². The second kappa shape index (κ2) is 13.9. The molecule has 2 aromatic heterocycles. The van der Waals surface area contributed by atoms with Crippen LogP contribution in [-0.2, 0) is 36.3 Å². The van der Waals surface area contributed by atoms with Gasteiger partial charge in [0.25, 0.3) is 13.4 Å². The van der Waals surface area contributed by atoms with Crippen molar-refractivity contribution in [3.05, 3.63) is 28.2 Å². The first kappa shape index (κ1) is 35.3. The van der Waals surface area contributed by atoms with Crippen molar-refractivity contribution in [3.63, 3.8) is 0 Å². The van der Waals surface area contributed by atoms with E-state index < -0.39 is 54.1 Å². The minimum atomic E-state index is -5.80. The lowest BCUT2D eigenvalue weighted by Gasteiger charge is -2.23. The van der Waals surface area contributed by atoms with E-state index in [1.54, 1.807) is 21.6 Å². The summed E-state index contributed by atoms with van der Waals surface area (Å²) >= 11 is 0. The first-order chi connectivity index (χ1) is 19.3. The molecule has 1 fully saturated rings. The number of nitrogens with two attached hydrogens (primary N) is 2. The van der Waals surface area contributed by atoms with Crippen LogP contribution in [0.2, 0.25) is 0 Å². The Bertz CT molecular complexity index is 1540. The van der Waals surface area contributed by atoms with E-state index in [-0.39, 0.29) is 34.9 Å². The fraction of sp³-hybridized carbons (Fsp3) is 0.550. The zero-order valence-corrected chi connectivity index (χ0v) is 26.7. The number of ether oxygens (including phenoxy) is 2. The van der Waals surface area contributed by atoms with Crippen molar-refractivity contribution < 1.29 is 55.9 Å². The van der Waals surface area contributed by atoms with Gasteiger partial charge >= 0.3 is 15.6 Å². The van der Waals surface area contributed by atoms with Gasteiger partial charge < -0.3 is 50.1 Å². The molecule has 1 saturated heterocycles. The van der Waals surface area contributed by atoms with Crippen LogP contribution in [0.4, 0.5) is 5.82 Å². The number of nitrogen functional groups attached to an aromatic ring is 1. The molecule has 0 saturated carbocycles. The zero-order chi connectivity index (χ0) is 31.5. The van der Waals surface area contributed by atoms with Gasteiger partial charge in [-0.1, -0.05) is 54.2 Å². The number of phosphoric ester groups is 1. The molecule has 0 aromatic carbocycles. The molecule has 4 unspecified atom stereocenters. The van der Waals surface area contributed by atoms with Crippen LogP contribution < -0.4 is 21.9 Å². The summed E-state index contributed by atoms with van der Waals surface area (Å²) in [4.78, 5) is 53.8. The SMILES string of the molecule is CC(C)(C)SSCOC1C[C@H](n2cc(C#CCN)c3c(=O)[nH]c(N)cc32)O[C@@H]1COP(=O)(O)OP(=O)(O)OP(=O)([O-])O. The highest BCUT2D eigenvalue weighted by Gasteiger charge is 2.42. The highest BCUT2D eigenvalue weighted by atomic mass is 33.1. The number of H-pyrrole nitrogens is 1. The number of pyridine rings is 1. The van der Waals surface area contributed by atoms with Crippen molar-refractivity contribution in [3.8, 4) is 11.8 Å². The topological polar surface area (TPSA) is 271 Å². The maximum absolute atomic E-state index is 12.7. The van der Waals surface area contributed by atoms with Gasteiger partial charge in [0, 0.05) is 23.4 Å². The number of rotatable bonds is 12. The molecule has 0 radical (unpaired) electrons. The lowest BCUT2D eigenvalue weighted by atomic mass is 10.2. The van der Waals surface area contributed by atoms with Gasteiger partial charge in [-0.25, -0.2) is 13.4 Å². The fourth-order valence-electron chi connectivity index (χ4n) is 3.76. The summed E-state index contributed by atoms with van der Waals surface area (Å²) in [6.45, 7) is 5.34. The Kier molecular flexibility index (Phi) is 11.7. The zero-order valence-electron chi connectivity index (χ0n) is 22.4. The Morgan fingerprint density at radius 1 is 1.24 bits per heavy atom. The van der Waals surface area contributed by atoms with Crippen molar-refractivity contribution in [2.45, 2.75) is 50.4 Å². The van der Waals surface area contributed by atoms with Gasteiger partial charge in [0.1, 0.15) is 24.1 Å². The van der Waals surface area contributed by atoms with Crippen molar-refractivity contribution in [2.75, 3.05) is 24.8 Å². The molecule has 1 aliphatic heterocycles. The smallest absolute Gasteiger partial charge is 0.487 e. The molecule has 3 rings (SSSR count). The Morgan fingerprint density at radius 3 is 2.55 bits per heavy atom. The summed E-state index contributed by atoms with van der Waals surface area (Å²) in [6.07, 6.45) is -0.955. The van der Waals surface area contributed by atoms with E-state index in [0.717, 1.165) is 0 Å². The Morgan fingerprint density at radius 2 is 1.93 bits per heavy atom. The van der Waals surface area contributed by atoms with Crippen LogP contribution in [0.1, 0.15) is 39.0 Å². The molecular weight excluding hydrogens is 661 g/mol. The summed E-state index contributed by atoms with van der Waals surface area (Å²) in [5.41, 5.74) is 11.6. The van der Waals surface area contributed by atoms with Crippen molar-refractivity contribution >= 4 is 61.8 Å². The minimum absolute atomic E-state index is 0.0405. The lowest BCUT2D eigenvalue weighted by Crippen LogP contribution is -2.29. The molecule has 236 valence electrons. The van der Waals surface area contributed by atoms with Crippen LogP contribution in [0.25, 0.3) is 10.9 Å². The number of hydrogen-bond acceptors (Lipinski definition) is 14. The monoisotopic (exact) mass is 691 g/mol. The summed E-state index contributed by atoms with van der Waals surface area (Å²) < 4.78 is 60.4. The average molecular weight is 692 g/mol. The molecule has 17 nitrogen and oxygen atoms in total. The van der Waals surface area contributed by atoms with Crippen LogP contribution >= 0.6 is 45.1 Å². The number of nitrogens with zero attached hydrogens (tertiary/aromatic N) is 1. The molecule has 0 aliphatic carbocycles. The summed E-state index contributed by atoms with van der Waals surface area (Å²) in [6, 6.07) is 1.51. The molecule has 42 heavy (non-hydrogen) atoms. The highest BCUT2D eigenvalue weighted by molar-refractivity contribution is 8.77. The molecular formula is C20H30N4O13P3S2-. The number of aromatic amines is 1. The van der Waals surface area contributed by atoms with Crippen LogP contribution in [0.5, 0.6) is 0 Å². The normalized spacial score (nSPS) is 23.6. The van der Waals surface area contributed by atoms with Gasteiger partial charge in [0.2, 0.25) is 0 Å². The van der Waals surface area contributed by atoms with E-state index in [0.29, 0.717) is 11.1 Å². The second-order valence-electron chi connectivity index (χ2n) is 9.64. The number of fused-ring (bicyclic) bond motifs is 1. The third kappa shape index (κ3) is 10.5. The standard InChI is InChI=1S/C20H31N4O13P3S2/c1-20(2,3)42-41-11-33-14-8-17(24-9-12(5-4-6-21)18-13(24)7-16(22)23-19(18)25)35-15(14)10-34-39(29,30)37-40(31,32)36-38(26,27)28/h7,9,14-15,17H,6,8,10-11,21H2,1-3H3,(H,29,30)(H,31,32)(H3,22,23,25)(H2,26,27,28)/p-1/t14?,15-,17-/m1/s1. The van der Waals surface area contributed by atoms with Crippen LogP contribution in [0.15, 0.2) is 17.1 Å². The van der Waals surface area contributed by atoms with Crippen LogP contribution in [0.3, 0.4) is 0 Å². The van der Waals surface area contributed by atoms with E-state index in [2.05, 4.69) is 25.4 Å². The number of anilines is 1. The molecule has 22 heteroatoms. The largest absolute Gasteiger partial charge is 0.756 e. The predicted molar refractivity (Wildman–Crippen MR) is 154 cm³/mol. The Hall–Kier alpha value is -1.16. The second-order valence-corrected chi connectivity index (χ2v) is 17.1. The Balaban J connectivity index is 1.86. The molecule has 1 aliphatic rings. The first-order valence-corrected chi connectivity index (χ1v) is 18.7. The Labute approximate surface area is 247 Å². The van der Waals surface area contributed by atoms with Gasteiger partial charge in [-0.05, 0) is 0 Å². The van der Waals surface area contributed by atoms with Crippen LogP contribution in [-0.4, -0.2) is 60.3 Å². The van der Waals surface area contributed by atoms with Gasteiger partial charge in [-0.15, -0.1) is 0 Å². The first-order valence-electron chi connectivity index (χ1n) is 11.9. The van der Waals surface area contributed by atoms with Gasteiger partial charge in [-0.3, -0.25) is 13.9 Å². The molecule has 0 amide bonds. The van der Waals surface area contributed by atoms with Crippen molar-refractivity contribution in [1.29, 1.82) is 0 Å². The van der Waals surface area contributed by atoms with E-state index in [9.17, 15) is 33.2 Å². The quantitative estimate of drug-likeness (QED) is 0.0608. The predicted octanol–water partition coefficient (Wildman–Crippen LogP) is 1.74. The third-order valence-electron chi connectivity index (χ3n) is 5.12. The number of hydrogen-bond donors (Lipinski definition) is 6. The average Bonchev–Trinajstić information content (AvgIpc) is 3.37. The summed E-state index contributed by atoms with van der Waals surface area (Å²) in [5, 5.41) is 0.231.